The number of benzene rings is 3. The third-order valence-electron chi connectivity index (χ3n) is 9.57. The zero-order valence-corrected chi connectivity index (χ0v) is 36.5. The van der Waals surface area contributed by atoms with Crippen LogP contribution in [0.25, 0.3) is 46.1 Å². The Morgan fingerprint density at radius 2 is 1.10 bits per heavy atom. The molecular formula is C51H53N3O5S2. The third-order valence-corrected chi connectivity index (χ3v) is 11.6. The van der Waals surface area contributed by atoms with Gasteiger partial charge in [0.1, 0.15) is 12.5 Å². The van der Waals surface area contributed by atoms with Crippen molar-refractivity contribution in [2.24, 2.45) is 0 Å². The van der Waals surface area contributed by atoms with Gasteiger partial charge in [0, 0.05) is 42.6 Å². The number of nitrogens with zero attached hydrogens (tertiary/aromatic N) is 3. The predicted octanol–water partition coefficient (Wildman–Crippen LogP) is 15.3. The number of ether oxygens (including phenoxy) is 2. The van der Waals surface area contributed by atoms with Gasteiger partial charge in [0.15, 0.2) is 0 Å². The topological polar surface area (TPSA) is 84.8 Å². The summed E-state index contributed by atoms with van der Waals surface area (Å²) in [6, 6.07) is 33.1. The van der Waals surface area contributed by atoms with E-state index < -0.39 is 0 Å². The fraction of sp³-hybridized carbons (Fsp3) is 0.255. The summed E-state index contributed by atoms with van der Waals surface area (Å²) in [5, 5.41) is 9.59. The van der Waals surface area contributed by atoms with E-state index >= 15 is 0 Å². The molecule has 0 aliphatic rings. The molecule has 3 aromatic carbocycles. The second-order valence-corrected chi connectivity index (χ2v) is 16.3. The molecule has 2 heterocycles. The first kappa shape index (κ1) is 47.2. The van der Waals surface area contributed by atoms with Crippen LogP contribution in [-0.2, 0) is 14.3 Å². The van der Waals surface area contributed by atoms with Gasteiger partial charge in [0.05, 0.1) is 19.2 Å². The summed E-state index contributed by atoms with van der Waals surface area (Å²) in [5.41, 5.74) is 5.12. The molecule has 0 bridgehead atoms. The van der Waals surface area contributed by atoms with Crippen molar-refractivity contribution in [1.82, 2.24) is 0 Å². The normalized spacial score (nSPS) is 11.6. The van der Waals surface area contributed by atoms with Crippen LogP contribution in [0.1, 0.15) is 109 Å². The van der Waals surface area contributed by atoms with E-state index in [9.17, 15) is 9.90 Å². The minimum atomic E-state index is -0.321. The molecule has 5 aromatic rings. The average Bonchev–Trinajstić information content (AvgIpc) is 3.96. The number of aliphatic hydroxyl groups is 1. The number of hydrogen-bond acceptors (Lipinski definition) is 8. The lowest BCUT2D eigenvalue weighted by atomic mass is 10.0. The summed E-state index contributed by atoms with van der Waals surface area (Å²) < 4.78 is 11.4. The second-order valence-electron chi connectivity index (χ2n) is 14.0. The molecule has 0 saturated heterocycles. The van der Waals surface area contributed by atoms with Crippen molar-refractivity contribution in [3.05, 3.63) is 162 Å². The Morgan fingerprint density at radius 1 is 0.639 bits per heavy atom. The average molecular weight is 852 g/mol. The molecule has 0 amide bonds. The number of carbonyl (C=O) groups is 2. The number of hydrogen-bond donors (Lipinski definition) is 1. The van der Waals surface area contributed by atoms with E-state index in [4.69, 9.17) is 27.4 Å². The monoisotopic (exact) mass is 851 g/mol. The standard InChI is InChI=1S/C50H51N3O4S2.CH2O/c1-5-7-9-11-13-43(14-12-10-8-6-2)57-44-27-25-42(26-28-44)53(40-21-15-38(16-22-40)19-29-45-31-33-47(58-45)35-49(55)51-3)41-23-17-39(18-24-41)20-30-46-32-34-48(59-46)36-50(52-4)56-37-54;1-2/h15-37,43,55H,5-14H2,1-2H3;1H2/b29-19+,30-20+,49-35+,50-36+;. The number of aliphatic hydroxyl groups excluding tert-OH is 1. The molecule has 8 nitrogen and oxygen atoms in total. The minimum absolute atomic E-state index is 0.0623. The fourth-order valence-electron chi connectivity index (χ4n) is 6.49. The molecule has 0 unspecified atom stereocenters. The first-order valence-electron chi connectivity index (χ1n) is 20.5. The highest BCUT2D eigenvalue weighted by molar-refractivity contribution is 7.14. The number of carbonyl (C=O) groups excluding carboxylic acids is 2. The van der Waals surface area contributed by atoms with E-state index in [2.05, 4.69) is 113 Å². The molecule has 61 heavy (non-hydrogen) atoms. The number of thiophene rings is 2. The lowest BCUT2D eigenvalue weighted by Crippen LogP contribution is -2.17. The van der Waals surface area contributed by atoms with Crippen LogP contribution < -0.4 is 9.64 Å². The summed E-state index contributed by atoms with van der Waals surface area (Å²) in [5.74, 6) is 0.516. The molecule has 1 N–H and O–H groups in total. The Morgan fingerprint density at radius 3 is 1.54 bits per heavy atom. The van der Waals surface area contributed by atoms with Crippen LogP contribution in [0.2, 0.25) is 0 Å². The number of rotatable bonds is 23. The lowest BCUT2D eigenvalue weighted by Gasteiger charge is -2.26. The van der Waals surface area contributed by atoms with Crippen molar-refractivity contribution >= 4 is 89.5 Å². The molecule has 0 aliphatic heterocycles. The molecule has 2 aromatic heterocycles. The van der Waals surface area contributed by atoms with Crippen molar-refractivity contribution in [2.75, 3.05) is 4.90 Å². The summed E-state index contributed by atoms with van der Waals surface area (Å²) >= 11 is 3.01. The zero-order chi connectivity index (χ0) is 43.7. The molecule has 0 radical (unpaired) electrons. The van der Waals surface area contributed by atoms with Gasteiger partial charge in [0.25, 0.3) is 6.47 Å². The maximum atomic E-state index is 10.7. The molecule has 0 saturated carbocycles. The maximum absolute atomic E-state index is 10.7. The third kappa shape index (κ3) is 15.9. The number of unbranched alkanes of at least 4 members (excludes halogenated alkanes) is 6. The quantitative estimate of drug-likeness (QED) is 0.0305. The number of anilines is 3. The van der Waals surface area contributed by atoms with E-state index in [0.29, 0.717) is 0 Å². The van der Waals surface area contributed by atoms with Crippen LogP contribution in [0.4, 0.5) is 17.1 Å². The minimum Gasteiger partial charge on any atom is -0.532 e. The summed E-state index contributed by atoms with van der Waals surface area (Å²) in [6.07, 6.45) is 23.5. The fourth-order valence-corrected chi connectivity index (χ4v) is 8.18. The van der Waals surface area contributed by atoms with Crippen molar-refractivity contribution in [3.8, 4) is 5.75 Å². The Kier molecular flexibility index (Phi) is 20.6. The van der Waals surface area contributed by atoms with Crippen molar-refractivity contribution in [2.45, 2.75) is 84.2 Å². The van der Waals surface area contributed by atoms with Crippen molar-refractivity contribution in [1.29, 1.82) is 0 Å². The predicted molar refractivity (Wildman–Crippen MR) is 256 cm³/mol. The Hall–Kier alpha value is -6.46. The van der Waals surface area contributed by atoms with Gasteiger partial charge in [-0.25, -0.2) is 0 Å². The molecule has 5 rings (SSSR count). The highest BCUT2D eigenvalue weighted by Gasteiger charge is 2.15. The van der Waals surface area contributed by atoms with Crippen molar-refractivity contribution in [3.63, 3.8) is 0 Å². The SMILES string of the molecule is C=O.[C-]#[N+]/C(O)=C\c1ccc(/C=C/c2ccc(N(c3ccc(/C=C/c4ccc(/C=C(\[N+]#[C-])OC=O)s4)cc3)c3ccc(OC(CCCCCC)CCCCCC)cc3)cc2)s1. The van der Waals surface area contributed by atoms with Gasteiger partial charge in [-0.3, -0.25) is 4.79 Å². The largest absolute Gasteiger partial charge is 0.532 e. The van der Waals surface area contributed by atoms with Gasteiger partial charge in [-0.1, -0.05) is 88.8 Å². The summed E-state index contributed by atoms with van der Waals surface area (Å²) in [4.78, 5) is 30.9. The molecular weight excluding hydrogens is 799 g/mol. The summed E-state index contributed by atoms with van der Waals surface area (Å²) in [7, 11) is 0. The van der Waals surface area contributed by atoms with Gasteiger partial charge in [-0.15, -0.1) is 22.7 Å². The second kappa shape index (κ2) is 26.6. The van der Waals surface area contributed by atoms with E-state index in [1.54, 1.807) is 6.08 Å². The highest BCUT2D eigenvalue weighted by Crippen LogP contribution is 2.36. The van der Waals surface area contributed by atoms with E-state index in [1.165, 1.54) is 80.1 Å². The van der Waals surface area contributed by atoms with Crippen LogP contribution >= 0.6 is 22.7 Å². The van der Waals surface area contributed by atoms with Gasteiger partial charge < -0.3 is 24.3 Å². The Balaban J connectivity index is 0.00000403. The van der Waals surface area contributed by atoms with Crippen LogP contribution in [0, 0.1) is 13.1 Å². The molecule has 10 heteroatoms. The maximum Gasteiger partial charge on any atom is 0.349 e. The van der Waals surface area contributed by atoms with Crippen LogP contribution in [0.5, 0.6) is 5.75 Å². The molecule has 0 spiro atoms. The smallest absolute Gasteiger partial charge is 0.349 e. The Labute approximate surface area is 369 Å². The van der Waals surface area contributed by atoms with Crippen molar-refractivity contribution < 1.29 is 24.2 Å². The van der Waals surface area contributed by atoms with Gasteiger partial charge in [-0.2, -0.15) is 9.69 Å². The molecule has 0 aliphatic carbocycles. The van der Waals surface area contributed by atoms with E-state index in [-0.39, 0.29) is 24.3 Å². The zero-order valence-electron chi connectivity index (χ0n) is 34.9. The molecule has 314 valence electrons. The van der Waals surface area contributed by atoms with Crippen LogP contribution in [0.15, 0.2) is 109 Å². The Bertz CT molecular complexity index is 2280. The van der Waals surface area contributed by atoms with Gasteiger partial charge >= 0.3 is 11.8 Å². The van der Waals surface area contributed by atoms with Crippen LogP contribution in [-0.4, -0.2) is 24.5 Å². The highest BCUT2D eigenvalue weighted by atomic mass is 32.1. The van der Waals surface area contributed by atoms with E-state index in [0.717, 1.165) is 66.3 Å². The summed E-state index contributed by atoms with van der Waals surface area (Å²) in [6.45, 7) is 20.9. The first-order chi connectivity index (χ1) is 29.9. The molecule has 0 fully saturated rings. The molecule has 0 atom stereocenters. The van der Waals surface area contributed by atoms with Crippen LogP contribution in [0.3, 0.4) is 0 Å². The van der Waals surface area contributed by atoms with Gasteiger partial charge in [-0.05, 0) is 128 Å². The lowest BCUT2D eigenvalue weighted by molar-refractivity contribution is -0.124. The van der Waals surface area contributed by atoms with E-state index in [1.807, 2.05) is 43.2 Å². The first-order valence-corrected chi connectivity index (χ1v) is 22.1. The van der Waals surface area contributed by atoms with Gasteiger partial charge in [0.2, 0.25) is 0 Å².